The highest BCUT2D eigenvalue weighted by molar-refractivity contribution is 5.77. The van der Waals surface area contributed by atoms with Crippen LogP contribution in [0.25, 0.3) is 0 Å². The number of ether oxygens (including phenoxy) is 1. The van der Waals surface area contributed by atoms with Crippen LogP contribution in [0.1, 0.15) is 62.1 Å². The molecule has 5 nitrogen and oxygen atoms in total. The molecule has 1 heterocycles. The van der Waals surface area contributed by atoms with Gasteiger partial charge in [0.05, 0.1) is 18.1 Å². The lowest BCUT2D eigenvalue weighted by Crippen LogP contribution is -2.36. The fourth-order valence-corrected chi connectivity index (χ4v) is 5.26. The molecule has 1 saturated heterocycles. The van der Waals surface area contributed by atoms with Gasteiger partial charge in [-0.05, 0) is 49.4 Å². The smallest absolute Gasteiger partial charge is 0.320 e. The number of benzene rings is 2. The molecule has 5 heteroatoms. The first kappa shape index (κ1) is 23.3. The zero-order chi connectivity index (χ0) is 23.3. The number of hydrogen-bond donors (Lipinski definition) is 0. The van der Waals surface area contributed by atoms with E-state index in [2.05, 4.69) is 38.1 Å². The number of hydrogen-bond acceptors (Lipinski definition) is 3. The molecule has 1 aliphatic carbocycles. The van der Waals surface area contributed by atoms with Gasteiger partial charge in [-0.3, -0.25) is 0 Å². The molecule has 176 valence electrons. The van der Waals surface area contributed by atoms with E-state index in [9.17, 15) is 9.59 Å². The number of rotatable bonds is 10. The summed E-state index contributed by atoms with van der Waals surface area (Å²) in [6.45, 7) is 6.91. The largest absolute Gasteiger partial charge is 0.494 e. The van der Waals surface area contributed by atoms with Crippen molar-refractivity contribution in [3.63, 3.8) is 0 Å². The molecule has 0 radical (unpaired) electrons. The lowest BCUT2D eigenvalue weighted by molar-refractivity contribution is -0.112. The van der Waals surface area contributed by atoms with Crippen LogP contribution in [0.4, 0.5) is 4.79 Å². The normalized spacial score (nSPS) is 19.8. The van der Waals surface area contributed by atoms with Crippen LogP contribution in [-0.2, 0) is 16.8 Å². The predicted molar refractivity (Wildman–Crippen MR) is 131 cm³/mol. The molecule has 1 aliphatic heterocycles. The van der Waals surface area contributed by atoms with Crippen LogP contribution < -0.4 is 4.74 Å². The summed E-state index contributed by atoms with van der Waals surface area (Å²) < 4.78 is 6.04. The SMILES string of the molecule is CCCN1C(=O)N(Cc2ccc(C)cc2)CC1CCOc1ccc(C2(C=O)CCCC2)cc1. The Bertz CT molecular complexity index is 933. The minimum absolute atomic E-state index is 0.127. The van der Waals surface area contributed by atoms with Crippen molar-refractivity contribution in [1.82, 2.24) is 9.80 Å². The molecule has 2 fully saturated rings. The first-order chi connectivity index (χ1) is 16.0. The Morgan fingerprint density at radius 3 is 2.39 bits per heavy atom. The van der Waals surface area contributed by atoms with E-state index in [0.717, 1.165) is 74.8 Å². The van der Waals surface area contributed by atoms with E-state index in [-0.39, 0.29) is 17.5 Å². The first-order valence-electron chi connectivity index (χ1n) is 12.4. The summed E-state index contributed by atoms with van der Waals surface area (Å²) in [5.41, 5.74) is 3.19. The second-order valence-electron chi connectivity index (χ2n) is 9.64. The van der Waals surface area contributed by atoms with E-state index < -0.39 is 0 Å². The van der Waals surface area contributed by atoms with E-state index in [0.29, 0.717) is 13.2 Å². The molecule has 2 amide bonds. The van der Waals surface area contributed by atoms with Gasteiger partial charge in [0.1, 0.15) is 12.0 Å². The predicted octanol–water partition coefficient (Wildman–Crippen LogP) is 5.49. The number of aryl methyl sites for hydroxylation is 1. The van der Waals surface area contributed by atoms with Gasteiger partial charge in [-0.15, -0.1) is 0 Å². The van der Waals surface area contributed by atoms with Crippen molar-refractivity contribution in [3.05, 3.63) is 65.2 Å². The van der Waals surface area contributed by atoms with Crippen LogP contribution in [0.2, 0.25) is 0 Å². The highest BCUT2D eigenvalue weighted by atomic mass is 16.5. The van der Waals surface area contributed by atoms with Gasteiger partial charge >= 0.3 is 6.03 Å². The molecule has 1 saturated carbocycles. The lowest BCUT2D eigenvalue weighted by Gasteiger charge is -2.23. The summed E-state index contributed by atoms with van der Waals surface area (Å²) in [5, 5.41) is 0. The van der Waals surface area contributed by atoms with E-state index >= 15 is 0 Å². The number of urea groups is 1. The number of nitrogens with zero attached hydrogens (tertiary/aromatic N) is 2. The van der Waals surface area contributed by atoms with E-state index in [1.807, 2.05) is 34.1 Å². The third-order valence-corrected chi connectivity index (χ3v) is 7.22. The van der Waals surface area contributed by atoms with Crippen molar-refractivity contribution in [3.8, 4) is 5.75 Å². The van der Waals surface area contributed by atoms with Gasteiger partial charge in [0.25, 0.3) is 0 Å². The molecule has 2 aliphatic rings. The van der Waals surface area contributed by atoms with Gasteiger partial charge in [-0.2, -0.15) is 0 Å². The third kappa shape index (κ3) is 5.23. The Balaban J connectivity index is 1.33. The maximum Gasteiger partial charge on any atom is 0.320 e. The minimum Gasteiger partial charge on any atom is -0.494 e. The molecule has 0 spiro atoms. The van der Waals surface area contributed by atoms with Crippen LogP contribution >= 0.6 is 0 Å². The van der Waals surface area contributed by atoms with Crippen LogP contribution in [-0.4, -0.2) is 47.9 Å². The van der Waals surface area contributed by atoms with Gasteiger partial charge in [-0.1, -0.05) is 61.7 Å². The maximum atomic E-state index is 13.0. The Hall–Kier alpha value is -2.82. The summed E-state index contributed by atoms with van der Waals surface area (Å²) in [7, 11) is 0. The molecule has 0 aromatic heterocycles. The molecule has 2 aromatic carbocycles. The second kappa shape index (κ2) is 10.4. The van der Waals surface area contributed by atoms with Crippen molar-refractivity contribution in [2.45, 2.75) is 70.4 Å². The Labute approximate surface area is 197 Å². The number of carbonyl (C=O) groups is 2. The standard InChI is InChI=1S/C28H36N2O3/c1-3-17-30-25(20-29(27(30)32)19-23-8-6-22(2)7-9-23)14-18-33-26-12-10-24(11-13-26)28(21-31)15-4-5-16-28/h6-13,21,25H,3-5,14-20H2,1-2H3. The van der Waals surface area contributed by atoms with Gasteiger partial charge in [0.15, 0.2) is 0 Å². The Morgan fingerprint density at radius 1 is 1.06 bits per heavy atom. The molecule has 1 unspecified atom stereocenters. The maximum absolute atomic E-state index is 13.0. The van der Waals surface area contributed by atoms with Gasteiger partial charge in [0.2, 0.25) is 0 Å². The average Bonchev–Trinajstić information content (AvgIpc) is 3.43. The van der Waals surface area contributed by atoms with E-state index in [1.54, 1.807) is 0 Å². The quantitative estimate of drug-likeness (QED) is 0.452. The highest BCUT2D eigenvalue weighted by Crippen LogP contribution is 2.39. The second-order valence-corrected chi connectivity index (χ2v) is 9.64. The van der Waals surface area contributed by atoms with Crippen LogP contribution in [0.3, 0.4) is 0 Å². The highest BCUT2D eigenvalue weighted by Gasteiger charge is 2.37. The summed E-state index contributed by atoms with van der Waals surface area (Å²) in [5.74, 6) is 0.820. The van der Waals surface area contributed by atoms with Crippen molar-refractivity contribution in [1.29, 1.82) is 0 Å². The van der Waals surface area contributed by atoms with Gasteiger partial charge in [-0.25, -0.2) is 4.79 Å². The van der Waals surface area contributed by atoms with Crippen molar-refractivity contribution < 1.29 is 14.3 Å². The number of carbonyl (C=O) groups excluding carboxylic acids is 2. The first-order valence-corrected chi connectivity index (χ1v) is 12.4. The molecule has 4 rings (SSSR count). The molecule has 33 heavy (non-hydrogen) atoms. The van der Waals surface area contributed by atoms with Gasteiger partial charge < -0.3 is 19.3 Å². The van der Waals surface area contributed by atoms with Crippen molar-refractivity contribution in [2.75, 3.05) is 19.7 Å². The fraction of sp³-hybridized carbons (Fsp3) is 0.500. The molecular weight excluding hydrogens is 412 g/mol. The number of aldehydes is 1. The fourth-order valence-electron chi connectivity index (χ4n) is 5.26. The number of amides is 2. The topological polar surface area (TPSA) is 49.9 Å². The monoisotopic (exact) mass is 448 g/mol. The van der Waals surface area contributed by atoms with Crippen molar-refractivity contribution >= 4 is 12.3 Å². The molecule has 1 atom stereocenters. The molecule has 0 bridgehead atoms. The molecule has 0 N–H and O–H groups in total. The van der Waals surface area contributed by atoms with Crippen LogP contribution in [0, 0.1) is 6.92 Å². The van der Waals surface area contributed by atoms with Crippen LogP contribution in [0.5, 0.6) is 5.75 Å². The molecule has 2 aromatic rings. The Morgan fingerprint density at radius 2 is 1.76 bits per heavy atom. The van der Waals surface area contributed by atoms with Crippen molar-refractivity contribution in [2.24, 2.45) is 0 Å². The summed E-state index contributed by atoms with van der Waals surface area (Å²) in [6, 6.07) is 16.7. The van der Waals surface area contributed by atoms with Crippen LogP contribution in [0.15, 0.2) is 48.5 Å². The third-order valence-electron chi connectivity index (χ3n) is 7.22. The Kier molecular flexibility index (Phi) is 7.36. The summed E-state index contributed by atoms with van der Waals surface area (Å²) in [4.78, 5) is 28.7. The minimum atomic E-state index is -0.301. The molecular formula is C28H36N2O3. The average molecular weight is 449 g/mol. The zero-order valence-corrected chi connectivity index (χ0v) is 20.0. The van der Waals surface area contributed by atoms with E-state index in [4.69, 9.17) is 4.74 Å². The van der Waals surface area contributed by atoms with E-state index in [1.165, 1.54) is 5.56 Å². The zero-order valence-electron chi connectivity index (χ0n) is 20.0. The summed E-state index contributed by atoms with van der Waals surface area (Å²) in [6.07, 6.45) is 7.01. The lowest BCUT2D eigenvalue weighted by atomic mass is 9.80. The van der Waals surface area contributed by atoms with Gasteiger partial charge in [0, 0.05) is 26.1 Å². The summed E-state index contributed by atoms with van der Waals surface area (Å²) >= 11 is 0.